The summed E-state index contributed by atoms with van der Waals surface area (Å²) in [4.78, 5) is 4.32. The number of hydrogen-bond acceptors (Lipinski definition) is 2. The van der Waals surface area contributed by atoms with Gasteiger partial charge in [0.05, 0.1) is 5.69 Å². The van der Waals surface area contributed by atoms with Gasteiger partial charge in [0.15, 0.2) is 0 Å². The van der Waals surface area contributed by atoms with Gasteiger partial charge in [-0.05, 0) is 37.8 Å². The van der Waals surface area contributed by atoms with Crippen LogP contribution in [0.15, 0.2) is 24.4 Å². The van der Waals surface area contributed by atoms with Crippen LogP contribution in [0, 0.1) is 5.41 Å². The van der Waals surface area contributed by atoms with E-state index in [-0.39, 0.29) is 30.4 Å². The molecular formula is C14H24Cl2N2-2. The molecule has 1 rings (SSSR count). The maximum absolute atomic E-state index is 4.32. The first-order valence-electron chi connectivity index (χ1n) is 5.93. The lowest BCUT2D eigenvalue weighted by Gasteiger charge is -2.33. The van der Waals surface area contributed by atoms with Crippen LogP contribution in [0.5, 0.6) is 0 Å². The zero-order valence-electron chi connectivity index (χ0n) is 11.9. The van der Waals surface area contributed by atoms with Gasteiger partial charge < -0.3 is 30.1 Å². The van der Waals surface area contributed by atoms with Gasteiger partial charge in [0.25, 0.3) is 0 Å². The number of nitrogens with zero attached hydrogens (tertiary/aromatic N) is 1. The number of nitrogens with one attached hydrogen (secondary N) is 1. The second kappa shape index (κ2) is 7.98. The Labute approximate surface area is 124 Å². The van der Waals surface area contributed by atoms with Crippen molar-refractivity contribution in [2.45, 2.75) is 53.1 Å². The smallest absolute Gasteiger partial charge is 0.0541 e. The third-order valence-electron chi connectivity index (χ3n) is 2.45. The van der Waals surface area contributed by atoms with Gasteiger partial charge in [0.2, 0.25) is 0 Å². The zero-order valence-corrected chi connectivity index (χ0v) is 13.4. The van der Waals surface area contributed by atoms with Crippen molar-refractivity contribution < 1.29 is 24.8 Å². The van der Waals surface area contributed by atoms with E-state index in [9.17, 15) is 0 Å². The highest BCUT2D eigenvalue weighted by Gasteiger charge is 2.24. The summed E-state index contributed by atoms with van der Waals surface area (Å²) in [5, 5.41) is 3.57. The summed E-state index contributed by atoms with van der Waals surface area (Å²) in [6.07, 6.45) is 2.99. The Balaban J connectivity index is 0. The molecule has 0 spiro atoms. The lowest BCUT2D eigenvalue weighted by molar-refractivity contribution is -0.00100. The molecule has 106 valence electrons. The van der Waals surface area contributed by atoms with Crippen LogP contribution < -0.4 is 30.1 Å². The average Bonchev–Trinajstić information content (AvgIpc) is 2.13. The molecule has 1 aromatic heterocycles. The van der Waals surface area contributed by atoms with Crippen LogP contribution in [0.2, 0.25) is 0 Å². The molecule has 1 heterocycles. The average molecular weight is 291 g/mol. The SMILES string of the molecule is CC(C)(C)CC(C)(C)NCc1ccccn1.[Cl-].[Cl-]. The molecule has 0 saturated carbocycles. The Morgan fingerprint density at radius 2 is 1.67 bits per heavy atom. The molecule has 0 aromatic carbocycles. The van der Waals surface area contributed by atoms with E-state index in [1.807, 2.05) is 18.3 Å². The standard InChI is InChI=1S/C14H24N2.2ClH/c1-13(2,3)11-14(4,5)16-10-12-8-6-7-9-15-12;;/h6-9,16H,10-11H2,1-5H3;2*1H/p-2. The Morgan fingerprint density at radius 3 is 2.11 bits per heavy atom. The van der Waals surface area contributed by atoms with E-state index in [2.05, 4.69) is 51.0 Å². The quantitative estimate of drug-likeness (QED) is 0.658. The van der Waals surface area contributed by atoms with Gasteiger partial charge in [-0.15, -0.1) is 0 Å². The monoisotopic (exact) mass is 290 g/mol. The number of aromatic nitrogens is 1. The van der Waals surface area contributed by atoms with Crippen molar-refractivity contribution >= 4 is 0 Å². The van der Waals surface area contributed by atoms with E-state index in [1.165, 1.54) is 0 Å². The van der Waals surface area contributed by atoms with E-state index >= 15 is 0 Å². The largest absolute Gasteiger partial charge is 1.00 e. The minimum Gasteiger partial charge on any atom is -1.00 e. The Kier molecular flexibility index (Phi) is 8.87. The third-order valence-corrected chi connectivity index (χ3v) is 2.45. The molecular weight excluding hydrogens is 267 g/mol. The fourth-order valence-electron chi connectivity index (χ4n) is 2.22. The highest BCUT2D eigenvalue weighted by molar-refractivity contribution is 5.03. The van der Waals surface area contributed by atoms with Crippen LogP contribution in [0.4, 0.5) is 0 Å². The van der Waals surface area contributed by atoms with Crippen molar-refractivity contribution in [3.8, 4) is 0 Å². The van der Waals surface area contributed by atoms with Crippen molar-refractivity contribution in [2.24, 2.45) is 5.41 Å². The molecule has 0 radical (unpaired) electrons. The molecule has 0 aliphatic carbocycles. The molecule has 0 atom stereocenters. The number of rotatable bonds is 4. The topological polar surface area (TPSA) is 24.9 Å². The van der Waals surface area contributed by atoms with Crippen LogP contribution in [0.25, 0.3) is 0 Å². The summed E-state index contributed by atoms with van der Waals surface area (Å²) in [5.74, 6) is 0. The molecule has 2 nitrogen and oxygen atoms in total. The van der Waals surface area contributed by atoms with Crippen LogP contribution in [0.1, 0.15) is 46.7 Å². The van der Waals surface area contributed by atoms with E-state index in [1.54, 1.807) is 0 Å². The minimum atomic E-state index is 0. The fourth-order valence-corrected chi connectivity index (χ4v) is 2.22. The molecule has 1 aromatic rings. The normalized spacial score (nSPS) is 11.4. The van der Waals surface area contributed by atoms with Gasteiger partial charge in [-0.2, -0.15) is 0 Å². The number of halogens is 2. The van der Waals surface area contributed by atoms with Crippen molar-refractivity contribution in [1.82, 2.24) is 10.3 Å². The molecule has 1 N–H and O–H groups in total. The highest BCUT2D eigenvalue weighted by atomic mass is 35.5. The fraction of sp³-hybridized carbons (Fsp3) is 0.643. The molecule has 18 heavy (non-hydrogen) atoms. The maximum atomic E-state index is 4.32. The summed E-state index contributed by atoms with van der Waals surface area (Å²) in [7, 11) is 0. The van der Waals surface area contributed by atoms with E-state index in [4.69, 9.17) is 0 Å². The minimum absolute atomic E-state index is 0. The summed E-state index contributed by atoms with van der Waals surface area (Å²) in [5.41, 5.74) is 1.60. The van der Waals surface area contributed by atoms with Gasteiger partial charge in [0.1, 0.15) is 0 Å². The number of pyridine rings is 1. The van der Waals surface area contributed by atoms with Crippen LogP contribution in [-0.2, 0) is 6.54 Å². The van der Waals surface area contributed by atoms with Gasteiger partial charge in [-0.25, -0.2) is 0 Å². The first-order chi connectivity index (χ1) is 7.29. The molecule has 0 amide bonds. The predicted octanol–water partition coefficient (Wildman–Crippen LogP) is -2.61. The zero-order chi connectivity index (χ0) is 12.2. The van der Waals surface area contributed by atoms with Crippen LogP contribution >= 0.6 is 0 Å². The number of hydrogen-bond donors (Lipinski definition) is 1. The van der Waals surface area contributed by atoms with Crippen molar-refractivity contribution in [3.63, 3.8) is 0 Å². The third kappa shape index (κ3) is 8.73. The Morgan fingerprint density at radius 1 is 1.06 bits per heavy atom. The molecule has 4 heteroatoms. The van der Waals surface area contributed by atoms with Crippen molar-refractivity contribution in [2.75, 3.05) is 0 Å². The summed E-state index contributed by atoms with van der Waals surface area (Å²) in [6, 6.07) is 6.03. The van der Waals surface area contributed by atoms with E-state index in [0.29, 0.717) is 5.41 Å². The van der Waals surface area contributed by atoms with Gasteiger partial charge in [-0.1, -0.05) is 26.8 Å². The summed E-state index contributed by atoms with van der Waals surface area (Å²) >= 11 is 0. The van der Waals surface area contributed by atoms with Crippen LogP contribution in [-0.4, -0.2) is 10.5 Å². The summed E-state index contributed by atoms with van der Waals surface area (Å²) in [6.45, 7) is 12.2. The highest BCUT2D eigenvalue weighted by Crippen LogP contribution is 2.26. The van der Waals surface area contributed by atoms with E-state index < -0.39 is 0 Å². The molecule has 0 aliphatic rings. The predicted molar refractivity (Wildman–Crippen MR) is 69.2 cm³/mol. The lowest BCUT2D eigenvalue weighted by Crippen LogP contribution is -3.00. The lowest BCUT2D eigenvalue weighted by atomic mass is 9.82. The molecule has 0 aliphatic heterocycles. The van der Waals surface area contributed by atoms with Gasteiger partial charge in [0, 0.05) is 18.3 Å². The summed E-state index contributed by atoms with van der Waals surface area (Å²) < 4.78 is 0. The van der Waals surface area contributed by atoms with Crippen LogP contribution in [0.3, 0.4) is 0 Å². The van der Waals surface area contributed by atoms with Crippen molar-refractivity contribution in [3.05, 3.63) is 30.1 Å². The molecule has 0 saturated heterocycles. The molecule has 0 fully saturated rings. The maximum Gasteiger partial charge on any atom is 0.0541 e. The Bertz CT molecular complexity index is 318. The second-order valence-corrected chi connectivity index (χ2v) is 6.30. The molecule has 0 bridgehead atoms. The second-order valence-electron chi connectivity index (χ2n) is 6.30. The van der Waals surface area contributed by atoms with Crippen molar-refractivity contribution in [1.29, 1.82) is 0 Å². The first-order valence-corrected chi connectivity index (χ1v) is 5.93. The van der Waals surface area contributed by atoms with Gasteiger partial charge in [-0.3, -0.25) is 4.98 Å². The first kappa shape index (κ1) is 20.0. The van der Waals surface area contributed by atoms with Gasteiger partial charge >= 0.3 is 0 Å². The molecule has 0 unspecified atom stereocenters. The van der Waals surface area contributed by atoms with E-state index in [0.717, 1.165) is 18.7 Å². The Hall–Kier alpha value is -0.310.